The number of methoxy groups -OCH3 is 2. The maximum Gasteiger partial charge on any atom is 0.161 e. The van der Waals surface area contributed by atoms with E-state index in [4.69, 9.17) is 9.47 Å². The van der Waals surface area contributed by atoms with Crippen molar-refractivity contribution < 1.29 is 14.8 Å². The summed E-state index contributed by atoms with van der Waals surface area (Å²) in [5, 5.41) is 2.37. The number of nitrogens with zero attached hydrogens (tertiary/aromatic N) is 1. The van der Waals surface area contributed by atoms with Gasteiger partial charge in [0.2, 0.25) is 0 Å². The summed E-state index contributed by atoms with van der Waals surface area (Å²) >= 11 is 0. The molecule has 1 aliphatic heterocycles. The Balaban J connectivity index is 2.00. The predicted octanol–water partition coefficient (Wildman–Crippen LogP) is 1.17. The molecule has 1 aromatic carbocycles. The van der Waals surface area contributed by atoms with Crippen molar-refractivity contribution in [2.75, 3.05) is 20.8 Å². The van der Waals surface area contributed by atoms with Gasteiger partial charge < -0.3 is 19.4 Å². The Morgan fingerprint density at radius 2 is 2.00 bits per heavy atom. The van der Waals surface area contributed by atoms with Gasteiger partial charge in [-0.15, -0.1) is 0 Å². The molecular weight excluding hydrogens is 240 g/mol. The zero-order valence-electron chi connectivity index (χ0n) is 11.3. The second-order valence-electron chi connectivity index (χ2n) is 4.74. The molecule has 0 aliphatic carbocycles. The predicted molar refractivity (Wildman–Crippen MR) is 72.6 cm³/mol. The summed E-state index contributed by atoms with van der Waals surface area (Å²) in [6.07, 6.45) is 2.15. The van der Waals surface area contributed by atoms with Gasteiger partial charge in [-0.05, 0) is 30.3 Å². The Labute approximate surface area is 113 Å². The Kier molecular flexibility index (Phi) is 3.17. The molecule has 3 rings (SSSR count). The van der Waals surface area contributed by atoms with Crippen LogP contribution in [0.1, 0.15) is 17.3 Å². The molecule has 4 nitrogen and oxygen atoms in total. The third-order valence-electron chi connectivity index (χ3n) is 3.72. The molecule has 100 valence electrons. The number of nitrogens with two attached hydrogens (primary N) is 1. The van der Waals surface area contributed by atoms with E-state index in [2.05, 4.69) is 40.3 Å². The van der Waals surface area contributed by atoms with Crippen molar-refractivity contribution in [3.8, 4) is 11.5 Å². The summed E-state index contributed by atoms with van der Waals surface area (Å²) in [6.45, 7) is 2.17. The van der Waals surface area contributed by atoms with Crippen LogP contribution in [0.4, 0.5) is 0 Å². The van der Waals surface area contributed by atoms with Crippen molar-refractivity contribution in [1.29, 1.82) is 0 Å². The van der Waals surface area contributed by atoms with Gasteiger partial charge in [0.05, 0.1) is 33.0 Å². The van der Waals surface area contributed by atoms with Crippen molar-refractivity contribution in [2.24, 2.45) is 0 Å². The first-order valence-corrected chi connectivity index (χ1v) is 6.54. The Bertz CT molecular complexity index is 577. The van der Waals surface area contributed by atoms with E-state index in [1.807, 2.05) is 6.07 Å². The monoisotopic (exact) mass is 259 g/mol. The average Bonchev–Trinajstić information content (AvgIpc) is 2.94. The first kappa shape index (κ1) is 12.1. The highest BCUT2D eigenvalue weighted by molar-refractivity contribution is 5.44. The fraction of sp³-hybridized carbons (Fsp3) is 0.333. The number of rotatable bonds is 3. The van der Waals surface area contributed by atoms with Crippen molar-refractivity contribution >= 4 is 0 Å². The smallest absolute Gasteiger partial charge is 0.161 e. The summed E-state index contributed by atoms with van der Waals surface area (Å²) in [6, 6.07) is 10.8. The minimum atomic E-state index is 0.337. The summed E-state index contributed by atoms with van der Waals surface area (Å²) in [5.41, 5.74) is 2.59. The van der Waals surface area contributed by atoms with Crippen LogP contribution < -0.4 is 14.8 Å². The standard InChI is InChI=1S/C15H18N2O2/c1-18-13-6-5-11(10-14(13)19-2)15-12-4-3-8-17(12)9-7-16-15/h3-6,8,10,15-16H,7,9H2,1-2H3/p+1/t15-/m0/s1. The number of aromatic nitrogens is 1. The highest BCUT2D eigenvalue weighted by Crippen LogP contribution is 2.31. The van der Waals surface area contributed by atoms with Gasteiger partial charge in [-0.3, -0.25) is 0 Å². The van der Waals surface area contributed by atoms with E-state index in [1.165, 1.54) is 11.3 Å². The fourth-order valence-corrected chi connectivity index (χ4v) is 2.77. The molecule has 0 saturated carbocycles. The van der Waals surface area contributed by atoms with Crippen LogP contribution >= 0.6 is 0 Å². The summed E-state index contributed by atoms with van der Waals surface area (Å²) in [4.78, 5) is 0. The minimum Gasteiger partial charge on any atom is -0.493 e. The second-order valence-corrected chi connectivity index (χ2v) is 4.74. The molecule has 19 heavy (non-hydrogen) atoms. The van der Waals surface area contributed by atoms with Crippen molar-refractivity contribution in [2.45, 2.75) is 12.6 Å². The van der Waals surface area contributed by atoms with Crippen LogP contribution in [0.2, 0.25) is 0 Å². The van der Waals surface area contributed by atoms with Crippen LogP contribution in [0.25, 0.3) is 0 Å². The molecule has 1 atom stereocenters. The average molecular weight is 259 g/mol. The highest BCUT2D eigenvalue weighted by atomic mass is 16.5. The molecule has 0 saturated heterocycles. The van der Waals surface area contributed by atoms with Gasteiger partial charge in [0.25, 0.3) is 0 Å². The van der Waals surface area contributed by atoms with Gasteiger partial charge in [0.1, 0.15) is 0 Å². The molecule has 0 fully saturated rings. The number of fused-ring (bicyclic) bond motifs is 1. The molecule has 0 radical (unpaired) electrons. The molecular formula is C15H19N2O2+. The zero-order chi connectivity index (χ0) is 13.2. The number of ether oxygens (including phenoxy) is 2. The molecule has 1 aromatic heterocycles. The van der Waals surface area contributed by atoms with Crippen LogP contribution in [0.15, 0.2) is 36.5 Å². The maximum atomic E-state index is 5.39. The van der Waals surface area contributed by atoms with E-state index in [1.54, 1.807) is 14.2 Å². The molecule has 0 unspecified atom stereocenters. The molecule has 4 heteroatoms. The molecule has 2 heterocycles. The van der Waals surface area contributed by atoms with Crippen LogP contribution in [-0.2, 0) is 6.54 Å². The van der Waals surface area contributed by atoms with Crippen molar-refractivity contribution in [1.82, 2.24) is 4.57 Å². The summed E-state index contributed by atoms with van der Waals surface area (Å²) < 4.78 is 13.0. The van der Waals surface area contributed by atoms with Gasteiger partial charge in [0.15, 0.2) is 17.5 Å². The van der Waals surface area contributed by atoms with E-state index in [-0.39, 0.29) is 0 Å². The SMILES string of the molecule is COc1ccc([C@@H]2[NH2+]CCn3cccc32)cc1OC. The van der Waals surface area contributed by atoms with Crippen molar-refractivity contribution in [3.05, 3.63) is 47.8 Å². The lowest BCUT2D eigenvalue weighted by atomic mass is 10.0. The molecule has 2 aromatic rings. The molecule has 0 bridgehead atoms. The minimum absolute atomic E-state index is 0.337. The quantitative estimate of drug-likeness (QED) is 0.899. The van der Waals surface area contributed by atoms with Gasteiger partial charge in [-0.1, -0.05) is 0 Å². The highest BCUT2D eigenvalue weighted by Gasteiger charge is 2.25. The van der Waals surface area contributed by atoms with Gasteiger partial charge in [0, 0.05) is 11.8 Å². The lowest BCUT2D eigenvalue weighted by Gasteiger charge is -2.24. The number of benzene rings is 1. The van der Waals surface area contributed by atoms with Gasteiger partial charge in [-0.2, -0.15) is 0 Å². The van der Waals surface area contributed by atoms with Crippen LogP contribution in [0.3, 0.4) is 0 Å². The van der Waals surface area contributed by atoms with E-state index >= 15 is 0 Å². The Morgan fingerprint density at radius 3 is 2.79 bits per heavy atom. The van der Waals surface area contributed by atoms with Gasteiger partial charge in [-0.25, -0.2) is 0 Å². The summed E-state index contributed by atoms with van der Waals surface area (Å²) in [7, 11) is 3.34. The zero-order valence-corrected chi connectivity index (χ0v) is 11.3. The van der Waals surface area contributed by atoms with Crippen LogP contribution in [0, 0.1) is 0 Å². The van der Waals surface area contributed by atoms with E-state index < -0.39 is 0 Å². The Morgan fingerprint density at radius 1 is 1.16 bits per heavy atom. The first-order valence-electron chi connectivity index (χ1n) is 6.54. The number of hydrogen-bond donors (Lipinski definition) is 1. The molecule has 1 aliphatic rings. The third kappa shape index (κ3) is 2.08. The van der Waals surface area contributed by atoms with E-state index in [0.29, 0.717) is 6.04 Å². The molecule has 0 spiro atoms. The molecule has 0 amide bonds. The largest absolute Gasteiger partial charge is 0.493 e. The molecule has 2 N–H and O–H groups in total. The normalized spacial score (nSPS) is 17.9. The number of hydrogen-bond acceptors (Lipinski definition) is 2. The Hall–Kier alpha value is -1.94. The topological polar surface area (TPSA) is 40.0 Å². The van der Waals surface area contributed by atoms with E-state index in [9.17, 15) is 0 Å². The lowest BCUT2D eigenvalue weighted by Crippen LogP contribution is -2.88. The third-order valence-corrected chi connectivity index (χ3v) is 3.72. The summed E-state index contributed by atoms with van der Waals surface area (Å²) in [5.74, 6) is 1.56. The second kappa shape index (κ2) is 4.97. The number of quaternary nitrogens is 1. The van der Waals surface area contributed by atoms with E-state index in [0.717, 1.165) is 24.6 Å². The van der Waals surface area contributed by atoms with Crippen LogP contribution in [0.5, 0.6) is 11.5 Å². The van der Waals surface area contributed by atoms with Gasteiger partial charge >= 0.3 is 0 Å². The maximum absolute atomic E-state index is 5.39. The van der Waals surface area contributed by atoms with Crippen LogP contribution in [-0.4, -0.2) is 25.3 Å². The lowest BCUT2D eigenvalue weighted by molar-refractivity contribution is -0.693. The van der Waals surface area contributed by atoms with Crippen molar-refractivity contribution in [3.63, 3.8) is 0 Å². The first-order chi connectivity index (χ1) is 9.33. The fourth-order valence-electron chi connectivity index (χ4n) is 2.77.